The van der Waals surface area contributed by atoms with E-state index in [0.29, 0.717) is 0 Å². The summed E-state index contributed by atoms with van der Waals surface area (Å²) in [7, 11) is 0. The zero-order valence-corrected chi connectivity index (χ0v) is 11.8. The van der Waals surface area contributed by atoms with Crippen molar-refractivity contribution >= 4 is 23.5 Å². The Balaban J connectivity index is 2.20. The first-order valence-corrected chi connectivity index (χ1v) is 7.38. The Morgan fingerprint density at radius 3 is 1.56 bits per heavy atom. The Hall–Kier alpha value is -0.340. The summed E-state index contributed by atoms with van der Waals surface area (Å²) in [5, 5.41) is 4.64. The van der Waals surface area contributed by atoms with E-state index in [1.807, 2.05) is 23.5 Å². The third kappa shape index (κ3) is 1.05. The van der Waals surface area contributed by atoms with E-state index >= 15 is 0 Å². The molecule has 0 aromatic rings. The van der Waals surface area contributed by atoms with Crippen LogP contribution in [0.1, 0.15) is 27.7 Å². The minimum atomic E-state index is 0.208. The Morgan fingerprint density at radius 1 is 0.812 bits per heavy atom. The predicted octanol–water partition coefficient (Wildman–Crippen LogP) is 4.67. The van der Waals surface area contributed by atoms with Gasteiger partial charge in [0, 0.05) is 0 Å². The standard InChI is InChI=1S/C14H16S2/c1-9-7-15-13(3)11(9)5-6-12-10(2)8-16-14(12,13)4/h5-8H,1-4H3. The highest BCUT2D eigenvalue weighted by Crippen LogP contribution is 2.63. The molecule has 2 heterocycles. The van der Waals surface area contributed by atoms with E-state index in [1.165, 1.54) is 22.3 Å². The van der Waals surface area contributed by atoms with Crippen LogP contribution in [-0.4, -0.2) is 9.49 Å². The summed E-state index contributed by atoms with van der Waals surface area (Å²) in [5.74, 6) is 0. The van der Waals surface area contributed by atoms with Crippen molar-refractivity contribution in [2.45, 2.75) is 37.2 Å². The van der Waals surface area contributed by atoms with E-state index in [4.69, 9.17) is 0 Å². The lowest BCUT2D eigenvalue weighted by atomic mass is 9.74. The van der Waals surface area contributed by atoms with Gasteiger partial charge in [-0.25, -0.2) is 0 Å². The van der Waals surface area contributed by atoms with Crippen molar-refractivity contribution in [1.82, 2.24) is 0 Å². The molecular weight excluding hydrogens is 232 g/mol. The van der Waals surface area contributed by atoms with Gasteiger partial charge < -0.3 is 0 Å². The van der Waals surface area contributed by atoms with E-state index in [2.05, 4.69) is 50.7 Å². The molecule has 1 aliphatic carbocycles. The number of rotatable bonds is 0. The zero-order chi connectivity index (χ0) is 11.6. The Morgan fingerprint density at radius 2 is 1.19 bits per heavy atom. The molecular formula is C14H16S2. The molecule has 0 saturated carbocycles. The van der Waals surface area contributed by atoms with E-state index < -0.39 is 0 Å². The van der Waals surface area contributed by atoms with Crippen molar-refractivity contribution in [2.24, 2.45) is 0 Å². The van der Waals surface area contributed by atoms with Gasteiger partial charge in [0.25, 0.3) is 0 Å². The largest absolute Gasteiger partial charge is 0.121 e. The van der Waals surface area contributed by atoms with Gasteiger partial charge in [-0.15, -0.1) is 23.5 Å². The monoisotopic (exact) mass is 248 g/mol. The predicted molar refractivity (Wildman–Crippen MR) is 75.7 cm³/mol. The molecule has 2 aliphatic heterocycles. The van der Waals surface area contributed by atoms with Crippen LogP contribution in [0, 0.1) is 0 Å². The van der Waals surface area contributed by atoms with Crippen molar-refractivity contribution in [3.05, 3.63) is 45.3 Å². The molecule has 2 unspecified atom stereocenters. The lowest BCUT2D eigenvalue weighted by Crippen LogP contribution is -2.46. The summed E-state index contributed by atoms with van der Waals surface area (Å²) < 4.78 is 0.417. The number of allylic oxidation sites excluding steroid dienone is 4. The fourth-order valence-corrected chi connectivity index (χ4v) is 5.65. The molecule has 0 fully saturated rings. The average molecular weight is 248 g/mol. The molecule has 3 aliphatic rings. The second-order valence-corrected chi connectivity index (χ2v) is 7.64. The maximum atomic E-state index is 2.39. The van der Waals surface area contributed by atoms with Crippen LogP contribution in [0.4, 0.5) is 0 Å². The summed E-state index contributed by atoms with van der Waals surface area (Å²) in [6.07, 6.45) is 4.65. The lowest BCUT2D eigenvalue weighted by molar-refractivity contribution is 0.611. The molecule has 0 aromatic heterocycles. The van der Waals surface area contributed by atoms with Crippen LogP contribution in [0.2, 0.25) is 0 Å². The molecule has 3 rings (SSSR count). The highest BCUT2D eigenvalue weighted by Gasteiger charge is 2.55. The number of hydrogen-bond donors (Lipinski definition) is 0. The SMILES string of the molecule is CC1=CSC2(C)C1=CC=C1C(C)=CSC12C. The summed E-state index contributed by atoms with van der Waals surface area (Å²) in [5.41, 5.74) is 5.90. The third-order valence-electron chi connectivity index (χ3n) is 4.15. The fraction of sp³-hybridized carbons (Fsp3) is 0.429. The van der Waals surface area contributed by atoms with Crippen LogP contribution in [0.5, 0.6) is 0 Å². The third-order valence-corrected chi connectivity index (χ3v) is 7.42. The van der Waals surface area contributed by atoms with Crippen LogP contribution in [0.15, 0.2) is 45.3 Å². The van der Waals surface area contributed by atoms with Gasteiger partial charge >= 0.3 is 0 Å². The van der Waals surface area contributed by atoms with Crippen LogP contribution < -0.4 is 0 Å². The minimum absolute atomic E-state index is 0.208. The Kier molecular flexibility index (Phi) is 2.10. The highest BCUT2D eigenvalue weighted by molar-refractivity contribution is 8.08. The van der Waals surface area contributed by atoms with Gasteiger partial charge in [0.2, 0.25) is 0 Å². The van der Waals surface area contributed by atoms with Crippen molar-refractivity contribution in [2.75, 3.05) is 0 Å². The molecule has 2 atom stereocenters. The molecule has 0 aromatic carbocycles. The van der Waals surface area contributed by atoms with E-state index in [9.17, 15) is 0 Å². The molecule has 0 radical (unpaired) electrons. The normalized spacial score (nSPS) is 40.8. The first-order chi connectivity index (χ1) is 7.49. The minimum Gasteiger partial charge on any atom is -0.121 e. The first-order valence-electron chi connectivity index (χ1n) is 5.62. The van der Waals surface area contributed by atoms with Gasteiger partial charge in [-0.05, 0) is 60.8 Å². The molecule has 0 bridgehead atoms. The summed E-state index contributed by atoms with van der Waals surface area (Å²) in [4.78, 5) is 0. The number of fused-ring (bicyclic) bond motifs is 3. The van der Waals surface area contributed by atoms with E-state index in [-0.39, 0.29) is 9.49 Å². The lowest BCUT2D eigenvalue weighted by Gasteiger charge is -2.45. The van der Waals surface area contributed by atoms with Crippen LogP contribution >= 0.6 is 23.5 Å². The van der Waals surface area contributed by atoms with Gasteiger partial charge in [-0.2, -0.15) is 0 Å². The first kappa shape index (κ1) is 10.8. The second-order valence-electron chi connectivity index (χ2n) is 5.06. The van der Waals surface area contributed by atoms with Gasteiger partial charge in [-0.1, -0.05) is 12.2 Å². The van der Waals surface area contributed by atoms with Crippen molar-refractivity contribution in [3.8, 4) is 0 Å². The zero-order valence-electron chi connectivity index (χ0n) is 10.1. The summed E-state index contributed by atoms with van der Waals surface area (Å²) >= 11 is 3.98. The molecule has 16 heavy (non-hydrogen) atoms. The van der Waals surface area contributed by atoms with Crippen LogP contribution in [0.25, 0.3) is 0 Å². The van der Waals surface area contributed by atoms with E-state index in [0.717, 1.165) is 0 Å². The Labute approximate surface area is 106 Å². The smallest absolute Gasteiger partial charge is 0.0612 e. The maximum absolute atomic E-state index is 2.39. The molecule has 0 nitrogen and oxygen atoms in total. The summed E-state index contributed by atoms with van der Waals surface area (Å²) in [6.45, 7) is 9.24. The van der Waals surface area contributed by atoms with Gasteiger partial charge in [-0.3, -0.25) is 0 Å². The van der Waals surface area contributed by atoms with Crippen LogP contribution in [-0.2, 0) is 0 Å². The summed E-state index contributed by atoms with van der Waals surface area (Å²) in [6, 6.07) is 0. The molecule has 2 heteroatoms. The average Bonchev–Trinajstić information content (AvgIpc) is 2.70. The van der Waals surface area contributed by atoms with Gasteiger partial charge in [0.1, 0.15) is 0 Å². The van der Waals surface area contributed by atoms with Crippen LogP contribution in [0.3, 0.4) is 0 Å². The fourth-order valence-electron chi connectivity index (χ4n) is 2.91. The van der Waals surface area contributed by atoms with Crippen molar-refractivity contribution in [3.63, 3.8) is 0 Å². The van der Waals surface area contributed by atoms with Gasteiger partial charge in [0.05, 0.1) is 9.49 Å². The van der Waals surface area contributed by atoms with Gasteiger partial charge in [0.15, 0.2) is 0 Å². The molecule has 0 saturated heterocycles. The molecule has 0 spiro atoms. The topological polar surface area (TPSA) is 0 Å². The molecule has 0 amide bonds. The van der Waals surface area contributed by atoms with Crippen molar-refractivity contribution < 1.29 is 0 Å². The maximum Gasteiger partial charge on any atom is 0.0612 e. The second kappa shape index (κ2) is 3.11. The number of hydrogen-bond acceptors (Lipinski definition) is 2. The molecule has 84 valence electrons. The quantitative estimate of drug-likeness (QED) is 0.611. The van der Waals surface area contributed by atoms with Crippen molar-refractivity contribution in [1.29, 1.82) is 0 Å². The molecule has 0 N–H and O–H groups in total. The Bertz CT molecular complexity index is 447. The van der Waals surface area contributed by atoms with E-state index in [1.54, 1.807) is 0 Å². The highest BCUT2D eigenvalue weighted by atomic mass is 32.2. The number of thioether (sulfide) groups is 2.